The largest absolute Gasteiger partial charge is 0.507 e. The minimum atomic E-state index is -0.270. The molecule has 1 N–H and O–H groups in total. The van der Waals surface area contributed by atoms with Crippen molar-refractivity contribution in [2.24, 2.45) is 0 Å². The van der Waals surface area contributed by atoms with Crippen molar-refractivity contribution in [2.75, 3.05) is 14.2 Å². The normalized spacial score (nSPS) is 10.7. The van der Waals surface area contributed by atoms with Gasteiger partial charge in [-0.3, -0.25) is 4.79 Å². The summed E-state index contributed by atoms with van der Waals surface area (Å²) in [5, 5.41) is 10.4. The number of carbonyl (C=O) groups excluding carboxylic acids is 1. The van der Waals surface area contributed by atoms with Crippen molar-refractivity contribution < 1.29 is 19.4 Å². The number of ether oxygens (including phenoxy) is 2. The van der Waals surface area contributed by atoms with Crippen LogP contribution in [0.3, 0.4) is 0 Å². The number of methoxy groups -OCH3 is 2. The molecule has 3 aromatic rings. The third-order valence-corrected chi connectivity index (χ3v) is 4.59. The Morgan fingerprint density at radius 1 is 0.889 bits per heavy atom. The number of hydrogen-bond acceptors (Lipinski definition) is 4. The Balaban J connectivity index is 2.39. The van der Waals surface area contributed by atoms with E-state index in [1.165, 1.54) is 27.2 Å². The Bertz CT molecular complexity index is 894. The second-order valence-corrected chi connectivity index (χ2v) is 6.23. The van der Waals surface area contributed by atoms with E-state index in [2.05, 4.69) is 0 Å². The van der Waals surface area contributed by atoms with Crippen LogP contribution in [0.25, 0.3) is 0 Å². The Morgan fingerprint density at radius 2 is 1.41 bits per heavy atom. The van der Waals surface area contributed by atoms with Crippen molar-refractivity contribution >= 4 is 5.78 Å². The first-order chi connectivity index (χ1) is 13.1. The van der Waals surface area contributed by atoms with Crippen LogP contribution < -0.4 is 9.47 Å². The van der Waals surface area contributed by atoms with Gasteiger partial charge in [0.05, 0.1) is 14.2 Å². The lowest BCUT2D eigenvalue weighted by Crippen LogP contribution is -2.11. The summed E-state index contributed by atoms with van der Waals surface area (Å²) in [6, 6.07) is 21.4. The highest BCUT2D eigenvalue weighted by Gasteiger charge is 2.29. The van der Waals surface area contributed by atoms with Gasteiger partial charge in [0.1, 0.15) is 22.8 Å². The first kappa shape index (κ1) is 18.5. The molecule has 0 heterocycles. The number of Topliss-reactive ketones (excluding diaryl/α,β-unsaturated/α-hetero) is 1. The van der Waals surface area contributed by atoms with E-state index in [4.69, 9.17) is 9.47 Å². The van der Waals surface area contributed by atoms with Crippen LogP contribution in [0.4, 0.5) is 0 Å². The topological polar surface area (TPSA) is 55.8 Å². The van der Waals surface area contributed by atoms with Gasteiger partial charge in [0.25, 0.3) is 0 Å². The van der Waals surface area contributed by atoms with Crippen molar-refractivity contribution in [1.29, 1.82) is 0 Å². The quantitative estimate of drug-likeness (QED) is 0.506. The van der Waals surface area contributed by atoms with Crippen LogP contribution in [0.1, 0.15) is 39.9 Å². The molecule has 0 saturated carbocycles. The highest BCUT2D eigenvalue weighted by atomic mass is 16.5. The molecule has 0 spiro atoms. The molecule has 0 unspecified atom stereocenters. The van der Waals surface area contributed by atoms with Gasteiger partial charge in [-0.15, -0.1) is 0 Å². The minimum absolute atomic E-state index is 0.153. The van der Waals surface area contributed by atoms with Gasteiger partial charge in [-0.25, -0.2) is 0 Å². The van der Waals surface area contributed by atoms with Crippen LogP contribution in [0.15, 0.2) is 66.7 Å². The number of phenolic OH excluding ortho intramolecular Hbond substituents is 1. The van der Waals surface area contributed by atoms with Gasteiger partial charge in [-0.05, 0) is 18.1 Å². The molecule has 3 rings (SSSR count). The zero-order valence-electron chi connectivity index (χ0n) is 15.6. The van der Waals surface area contributed by atoms with E-state index in [1.807, 2.05) is 60.7 Å². The molecular formula is C23H22O4. The van der Waals surface area contributed by atoms with Crippen LogP contribution in [0, 0.1) is 0 Å². The van der Waals surface area contributed by atoms with Crippen LogP contribution >= 0.6 is 0 Å². The van der Waals surface area contributed by atoms with Crippen molar-refractivity contribution in [1.82, 2.24) is 0 Å². The summed E-state index contributed by atoms with van der Waals surface area (Å²) in [7, 11) is 3.04. The Hall–Kier alpha value is -3.27. The van der Waals surface area contributed by atoms with Crippen molar-refractivity contribution in [3.8, 4) is 17.2 Å². The average molecular weight is 362 g/mol. The standard InChI is InChI=1S/C23H22O4/c1-15(24)20-18(25)14-19(26-2)22(23(20)27-3)21(16-10-6-4-7-11-16)17-12-8-5-9-13-17/h4-14,21,25H,1-3H3. The monoisotopic (exact) mass is 362 g/mol. The zero-order chi connectivity index (χ0) is 19.4. The fourth-order valence-corrected chi connectivity index (χ4v) is 3.45. The summed E-state index contributed by atoms with van der Waals surface area (Å²) in [6.07, 6.45) is 0. The maximum Gasteiger partial charge on any atom is 0.167 e. The maximum absolute atomic E-state index is 12.2. The molecule has 27 heavy (non-hydrogen) atoms. The first-order valence-electron chi connectivity index (χ1n) is 8.67. The highest BCUT2D eigenvalue weighted by molar-refractivity contribution is 6.00. The van der Waals surface area contributed by atoms with Gasteiger partial charge in [0, 0.05) is 17.5 Å². The highest BCUT2D eigenvalue weighted by Crippen LogP contribution is 2.47. The Labute approximate surface area is 159 Å². The zero-order valence-corrected chi connectivity index (χ0v) is 15.6. The fraction of sp³-hybridized carbons (Fsp3) is 0.174. The molecule has 0 radical (unpaired) electrons. The maximum atomic E-state index is 12.2. The van der Waals surface area contributed by atoms with E-state index >= 15 is 0 Å². The van der Waals surface area contributed by atoms with Crippen LogP contribution in [-0.4, -0.2) is 25.1 Å². The molecule has 3 aromatic carbocycles. The predicted molar refractivity (Wildman–Crippen MR) is 105 cm³/mol. The van der Waals surface area contributed by atoms with Crippen LogP contribution in [0.2, 0.25) is 0 Å². The number of aromatic hydroxyl groups is 1. The number of phenols is 1. The second kappa shape index (κ2) is 7.96. The molecule has 0 aliphatic heterocycles. The lowest BCUT2D eigenvalue weighted by Gasteiger charge is -2.25. The van der Waals surface area contributed by atoms with E-state index < -0.39 is 0 Å². The van der Waals surface area contributed by atoms with Crippen molar-refractivity contribution in [2.45, 2.75) is 12.8 Å². The summed E-state index contributed by atoms with van der Waals surface area (Å²) < 4.78 is 11.2. The molecule has 0 bridgehead atoms. The van der Waals surface area contributed by atoms with E-state index in [0.717, 1.165) is 11.1 Å². The van der Waals surface area contributed by atoms with Crippen LogP contribution in [0.5, 0.6) is 17.2 Å². The molecule has 0 atom stereocenters. The third-order valence-electron chi connectivity index (χ3n) is 4.59. The molecule has 138 valence electrons. The van der Waals surface area contributed by atoms with Gasteiger partial charge in [-0.2, -0.15) is 0 Å². The molecule has 0 aliphatic rings. The summed E-state index contributed by atoms with van der Waals surface area (Å²) in [5.41, 5.74) is 2.92. The lowest BCUT2D eigenvalue weighted by molar-refractivity contribution is 0.101. The van der Waals surface area contributed by atoms with E-state index in [1.54, 1.807) is 0 Å². The molecule has 0 amide bonds. The number of ketones is 1. The molecule has 4 nitrogen and oxygen atoms in total. The second-order valence-electron chi connectivity index (χ2n) is 6.23. The van der Waals surface area contributed by atoms with Gasteiger partial charge in [0.2, 0.25) is 0 Å². The van der Waals surface area contributed by atoms with E-state index in [0.29, 0.717) is 17.1 Å². The summed E-state index contributed by atoms with van der Waals surface area (Å²) in [5.74, 6) is 0.146. The van der Waals surface area contributed by atoms with Gasteiger partial charge in [-0.1, -0.05) is 60.7 Å². The van der Waals surface area contributed by atoms with Crippen molar-refractivity contribution in [3.63, 3.8) is 0 Å². The van der Waals surface area contributed by atoms with Gasteiger partial charge >= 0.3 is 0 Å². The number of benzene rings is 3. The van der Waals surface area contributed by atoms with Gasteiger partial charge in [0.15, 0.2) is 5.78 Å². The van der Waals surface area contributed by atoms with Crippen molar-refractivity contribution in [3.05, 3.63) is 89.0 Å². The molecule has 0 aromatic heterocycles. The predicted octanol–water partition coefficient (Wildman–Crippen LogP) is 4.79. The summed E-state index contributed by atoms with van der Waals surface area (Å²) in [6.45, 7) is 1.41. The van der Waals surface area contributed by atoms with E-state index in [-0.39, 0.29) is 23.0 Å². The number of carbonyl (C=O) groups is 1. The lowest BCUT2D eigenvalue weighted by atomic mass is 9.82. The number of rotatable bonds is 6. The van der Waals surface area contributed by atoms with E-state index in [9.17, 15) is 9.90 Å². The van der Waals surface area contributed by atoms with Crippen LogP contribution in [-0.2, 0) is 0 Å². The molecule has 0 fully saturated rings. The Kier molecular flexibility index (Phi) is 5.46. The van der Waals surface area contributed by atoms with Gasteiger partial charge < -0.3 is 14.6 Å². The molecule has 0 aliphatic carbocycles. The SMILES string of the molecule is COc1cc(O)c(C(C)=O)c(OC)c1C(c1ccccc1)c1ccccc1. The average Bonchev–Trinajstić information content (AvgIpc) is 2.69. The first-order valence-corrected chi connectivity index (χ1v) is 8.67. The Morgan fingerprint density at radius 3 is 1.81 bits per heavy atom. The summed E-state index contributed by atoms with van der Waals surface area (Å²) >= 11 is 0. The number of hydrogen-bond donors (Lipinski definition) is 1. The molecule has 4 heteroatoms. The minimum Gasteiger partial charge on any atom is -0.507 e. The molecule has 0 saturated heterocycles. The smallest absolute Gasteiger partial charge is 0.167 e. The fourth-order valence-electron chi connectivity index (χ4n) is 3.45. The summed E-state index contributed by atoms with van der Waals surface area (Å²) in [4.78, 5) is 12.2. The third kappa shape index (κ3) is 3.51. The molecular weight excluding hydrogens is 340 g/mol.